The molecule has 0 amide bonds. The molecule has 3 rings (SSSR count). The van der Waals surface area contributed by atoms with Crippen LogP contribution in [0.15, 0.2) is 56.5 Å². The van der Waals surface area contributed by atoms with Crippen LogP contribution in [-0.2, 0) is 13.1 Å². The molecular formula is C19H17BrN2O4. The molecule has 1 heterocycles. The van der Waals surface area contributed by atoms with Crippen LogP contribution < -0.4 is 16.0 Å². The third-order valence-electron chi connectivity index (χ3n) is 4.22. The van der Waals surface area contributed by atoms with Gasteiger partial charge >= 0.3 is 5.69 Å². The quantitative estimate of drug-likeness (QED) is 0.599. The van der Waals surface area contributed by atoms with Gasteiger partial charge in [0.25, 0.3) is 5.56 Å². The number of ketones is 1. The summed E-state index contributed by atoms with van der Waals surface area (Å²) >= 11 is 3.34. The fourth-order valence-corrected chi connectivity index (χ4v) is 3.20. The van der Waals surface area contributed by atoms with Gasteiger partial charge < -0.3 is 4.74 Å². The predicted molar refractivity (Wildman–Crippen MR) is 103 cm³/mol. The molecule has 0 aliphatic rings. The van der Waals surface area contributed by atoms with E-state index in [4.69, 9.17) is 4.74 Å². The van der Waals surface area contributed by atoms with E-state index in [2.05, 4.69) is 15.9 Å². The molecule has 0 spiro atoms. The molecule has 0 aliphatic carbocycles. The average Bonchev–Trinajstić information content (AvgIpc) is 2.65. The van der Waals surface area contributed by atoms with Crippen LogP contribution in [0.3, 0.4) is 0 Å². The first kappa shape index (κ1) is 18.1. The lowest BCUT2D eigenvalue weighted by atomic mass is 10.1. The van der Waals surface area contributed by atoms with Crippen molar-refractivity contribution in [3.8, 4) is 5.75 Å². The first-order valence-corrected chi connectivity index (χ1v) is 8.85. The van der Waals surface area contributed by atoms with E-state index in [-0.39, 0.29) is 24.4 Å². The van der Waals surface area contributed by atoms with Crippen LogP contribution in [0, 0.1) is 0 Å². The van der Waals surface area contributed by atoms with Crippen molar-refractivity contribution in [3.05, 3.63) is 73.3 Å². The van der Waals surface area contributed by atoms with Crippen LogP contribution in [-0.4, -0.2) is 22.0 Å². The third-order valence-corrected chi connectivity index (χ3v) is 4.71. The van der Waals surface area contributed by atoms with Crippen LogP contribution in [0.2, 0.25) is 0 Å². The fourth-order valence-electron chi connectivity index (χ4n) is 2.84. The van der Waals surface area contributed by atoms with E-state index in [0.29, 0.717) is 22.2 Å². The van der Waals surface area contributed by atoms with Crippen molar-refractivity contribution in [3.63, 3.8) is 0 Å². The maximum Gasteiger partial charge on any atom is 0.331 e. The average molecular weight is 417 g/mol. The SMILES string of the molecule is CCn1c(=O)c2cc(Br)ccc2n(CC(=O)c2ccc(OC)cc2)c1=O. The summed E-state index contributed by atoms with van der Waals surface area (Å²) in [5.41, 5.74) is 0.0584. The second-order valence-electron chi connectivity index (χ2n) is 5.73. The van der Waals surface area contributed by atoms with Crippen molar-refractivity contribution in [2.45, 2.75) is 20.0 Å². The van der Waals surface area contributed by atoms with Gasteiger partial charge in [-0.05, 0) is 49.4 Å². The highest BCUT2D eigenvalue weighted by Gasteiger charge is 2.16. The van der Waals surface area contributed by atoms with Gasteiger partial charge in [-0.15, -0.1) is 0 Å². The Morgan fingerprint density at radius 1 is 1.08 bits per heavy atom. The highest BCUT2D eigenvalue weighted by atomic mass is 79.9. The Labute approximate surface area is 157 Å². The van der Waals surface area contributed by atoms with E-state index in [1.54, 1.807) is 56.5 Å². The van der Waals surface area contributed by atoms with Crippen molar-refractivity contribution < 1.29 is 9.53 Å². The van der Waals surface area contributed by atoms with Gasteiger partial charge in [-0.2, -0.15) is 0 Å². The summed E-state index contributed by atoms with van der Waals surface area (Å²) in [6.45, 7) is 1.81. The number of aromatic nitrogens is 2. The summed E-state index contributed by atoms with van der Waals surface area (Å²) in [5.74, 6) is 0.425. The Morgan fingerprint density at radius 3 is 2.38 bits per heavy atom. The largest absolute Gasteiger partial charge is 0.497 e. The number of methoxy groups -OCH3 is 1. The number of carbonyl (C=O) groups is 1. The van der Waals surface area contributed by atoms with Crippen molar-refractivity contribution in [1.82, 2.24) is 9.13 Å². The molecule has 0 fully saturated rings. The first-order chi connectivity index (χ1) is 12.5. The number of rotatable bonds is 5. The van der Waals surface area contributed by atoms with Gasteiger partial charge in [0.05, 0.1) is 24.6 Å². The molecule has 3 aromatic rings. The number of benzene rings is 2. The maximum absolute atomic E-state index is 12.7. The number of fused-ring (bicyclic) bond motifs is 1. The summed E-state index contributed by atoms with van der Waals surface area (Å²) in [5, 5.41) is 0.392. The van der Waals surface area contributed by atoms with Gasteiger partial charge in [0.15, 0.2) is 5.78 Å². The third kappa shape index (κ3) is 3.22. The second kappa shape index (κ2) is 7.29. The zero-order valence-corrected chi connectivity index (χ0v) is 15.9. The zero-order valence-electron chi connectivity index (χ0n) is 14.4. The van der Waals surface area contributed by atoms with Crippen LogP contribution >= 0.6 is 15.9 Å². The standard InChI is InChI=1S/C19H17BrN2O4/c1-3-21-18(24)15-10-13(20)6-9-16(15)22(19(21)25)11-17(23)12-4-7-14(26-2)8-5-12/h4-10H,3,11H2,1-2H3. The van der Waals surface area contributed by atoms with E-state index in [1.807, 2.05) is 0 Å². The van der Waals surface area contributed by atoms with Crippen molar-refractivity contribution in [2.75, 3.05) is 7.11 Å². The molecule has 0 unspecified atom stereocenters. The minimum atomic E-state index is -0.491. The Kier molecular flexibility index (Phi) is 5.08. The number of ether oxygens (including phenoxy) is 1. The molecule has 0 saturated heterocycles. The van der Waals surface area contributed by atoms with Gasteiger partial charge in [-0.25, -0.2) is 4.79 Å². The molecule has 1 aromatic heterocycles. The van der Waals surface area contributed by atoms with Crippen molar-refractivity contribution in [1.29, 1.82) is 0 Å². The van der Waals surface area contributed by atoms with Crippen molar-refractivity contribution in [2.24, 2.45) is 0 Å². The summed E-state index contributed by atoms with van der Waals surface area (Å²) in [6.07, 6.45) is 0. The van der Waals surface area contributed by atoms with E-state index >= 15 is 0 Å². The highest BCUT2D eigenvalue weighted by molar-refractivity contribution is 9.10. The Bertz CT molecular complexity index is 1100. The molecule has 7 heteroatoms. The van der Waals surface area contributed by atoms with Gasteiger partial charge in [-0.3, -0.25) is 18.7 Å². The van der Waals surface area contributed by atoms with Gasteiger partial charge in [0.1, 0.15) is 5.75 Å². The van der Waals surface area contributed by atoms with Gasteiger partial charge in [-0.1, -0.05) is 15.9 Å². The Morgan fingerprint density at radius 2 is 1.77 bits per heavy atom. The van der Waals surface area contributed by atoms with E-state index in [0.717, 1.165) is 9.04 Å². The number of nitrogens with zero attached hydrogens (tertiary/aromatic N) is 2. The number of Topliss-reactive ketones (excluding diaryl/α,β-unsaturated/α-hetero) is 1. The second-order valence-corrected chi connectivity index (χ2v) is 6.65. The number of carbonyl (C=O) groups excluding carboxylic acids is 1. The monoisotopic (exact) mass is 416 g/mol. The Balaban J connectivity index is 2.13. The summed E-state index contributed by atoms with van der Waals surface area (Å²) in [4.78, 5) is 37.9. The van der Waals surface area contributed by atoms with Crippen LogP contribution in [0.25, 0.3) is 10.9 Å². The molecule has 0 N–H and O–H groups in total. The van der Waals surface area contributed by atoms with Gasteiger partial charge in [0.2, 0.25) is 0 Å². The highest BCUT2D eigenvalue weighted by Crippen LogP contribution is 2.17. The number of hydrogen-bond acceptors (Lipinski definition) is 4. The predicted octanol–water partition coefficient (Wildman–Crippen LogP) is 2.84. The minimum Gasteiger partial charge on any atom is -0.497 e. The normalized spacial score (nSPS) is 10.9. The zero-order chi connectivity index (χ0) is 18.8. The molecule has 0 atom stereocenters. The summed E-state index contributed by atoms with van der Waals surface area (Å²) in [7, 11) is 1.55. The lowest BCUT2D eigenvalue weighted by Crippen LogP contribution is -2.40. The van der Waals surface area contributed by atoms with Crippen molar-refractivity contribution >= 4 is 32.6 Å². The summed E-state index contributed by atoms with van der Waals surface area (Å²) in [6, 6.07) is 11.8. The topological polar surface area (TPSA) is 70.3 Å². The van der Waals surface area contributed by atoms with Crippen LogP contribution in [0.5, 0.6) is 5.75 Å². The molecule has 26 heavy (non-hydrogen) atoms. The smallest absolute Gasteiger partial charge is 0.331 e. The lowest BCUT2D eigenvalue weighted by Gasteiger charge is -2.13. The number of halogens is 1. The summed E-state index contributed by atoms with van der Waals surface area (Å²) < 4.78 is 8.30. The molecule has 0 bridgehead atoms. The first-order valence-electron chi connectivity index (χ1n) is 8.06. The molecule has 6 nitrogen and oxygen atoms in total. The fraction of sp³-hybridized carbons (Fsp3) is 0.211. The molecule has 134 valence electrons. The molecule has 0 radical (unpaired) electrons. The molecular weight excluding hydrogens is 400 g/mol. The van der Waals surface area contributed by atoms with Crippen LogP contribution in [0.4, 0.5) is 0 Å². The molecule has 0 aliphatic heterocycles. The van der Waals surface area contributed by atoms with Crippen LogP contribution in [0.1, 0.15) is 17.3 Å². The van der Waals surface area contributed by atoms with E-state index < -0.39 is 5.69 Å². The van der Waals surface area contributed by atoms with Gasteiger partial charge in [0, 0.05) is 16.6 Å². The minimum absolute atomic E-state index is 0.149. The van der Waals surface area contributed by atoms with E-state index in [9.17, 15) is 14.4 Å². The Hall–Kier alpha value is -2.67. The maximum atomic E-state index is 12.7. The van der Waals surface area contributed by atoms with E-state index in [1.165, 1.54) is 4.57 Å². The lowest BCUT2D eigenvalue weighted by molar-refractivity contribution is 0.0971. The number of hydrogen-bond donors (Lipinski definition) is 0. The molecule has 2 aromatic carbocycles. The molecule has 0 saturated carbocycles.